The molecule has 0 bridgehead atoms. The first-order chi connectivity index (χ1) is 32.4. The molecule has 9 aromatic carbocycles. The van der Waals surface area contributed by atoms with Crippen LogP contribution in [0.25, 0.3) is 128 Å². The quantitative estimate of drug-likeness (QED) is 0.173. The SMILES string of the molecule is CC1(C)c2cc(-c3ccc4c(c3)c3ccccc3n4-c3cccc(-c4nc(-c5ccccc5)nc(-c5ccc6oc7ccccc7c6c5)n4)c3)ccc2-c2cc3c(cc21)oc1ccccc13. The minimum absolute atomic E-state index is 0.192. The van der Waals surface area contributed by atoms with Crippen LogP contribution in [-0.4, -0.2) is 19.5 Å². The van der Waals surface area contributed by atoms with Gasteiger partial charge in [0, 0.05) is 60.1 Å². The fraction of sp³-hybridized carbons (Fsp3) is 0.0500. The van der Waals surface area contributed by atoms with Crippen molar-refractivity contribution in [2.75, 3.05) is 0 Å². The van der Waals surface area contributed by atoms with Crippen molar-refractivity contribution in [1.82, 2.24) is 19.5 Å². The molecule has 310 valence electrons. The summed E-state index contributed by atoms with van der Waals surface area (Å²) in [7, 11) is 0. The van der Waals surface area contributed by atoms with E-state index in [1.54, 1.807) is 0 Å². The van der Waals surface area contributed by atoms with E-state index in [0.717, 1.165) is 77.3 Å². The van der Waals surface area contributed by atoms with E-state index in [9.17, 15) is 0 Å². The molecule has 6 nitrogen and oxygen atoms in total. The van der Waals surface area contributed by atoms with Gasteiger partial charge in [0.1, 0.15) is 22.3 Å². The highest BCUT2D eigenvalue weighted by atomic mass is 16.3. The molecule has 6 heteroatoms. The van der Waals surface area contributed by atoms with Crippen molar-refractivity contribution in [2.24, 2.45) is 0 Å². The van der Waals surface area contributed by atoms with Crippen LogP contribution in [0.1, 0.15) is 25.0 Å². The average molecular weight is 847 g/mol. The molecule has 0 fully saturated rings. The van der Waals surface area contributed by atoms with Crippen molar-refractivity contribution in [3.63, 3.8) is 0 Å². The molecule has 0 aliphatic heterocycles. The van der Waals surface area contributed by atoms with Crippen LogP contribution in [0, 0.1) is 0 Å². The summed E-state index contributed by atoms with van der Waals surface area (Å²) in [4.78, 5) is 15.3. The van der Waals surface area contributed by atoms with Crippen molar-refractivity contribution in [1.29, 1.82) is 0 Å². The number of aromatic nitrogens is 4. The molecule has 0 unspecified atom stereocenters. The minimum Gasteiger partial charge on any atom is -0.456 e. The van der Waals surface area contributed by atoms with Crippen LogP contribution in [0.5, 0.6) is 0 Å². The summed E-state index contributed by atoms with van der Waals surface area (Å²) in [6, 6.07) is 68.5. The Morgan fingerprint density at radius 2 is 0.894 bits per heavy atom. The van der Waals surface area contributed by atoms with Crippen molar-refractivity contribution in [2.45, 2.75) is 19.3 Å². The van der Waals surface area contributed by atoms with Crippen LogP contribution >= 0.6 is 0 Å². The maximum Gasteiger partial charge on any atom is 0.164 e. The molecule has 0 amide bonds. The summed E-state index contributed by atoms with van der Waals surface area (Å²) in [5, 5.41) is 6.79. The van der Waals surface area contributed by atoms with Crippen LogP contribution in [0.2, 0.25) is 0 Å². The number of furan rings is 2. The summed E-state index contributed by atoms with van der Waals surface area (Å²) in [5.74, 6) is 1.82. The highest BCUT2D eigenvalue weighted by Crippen LogP contribution is 2.52. The van der Waals surface area contributed by atoms with Gasteiger partial charge in [-0.15, -0.1) is 0 Å². The van der Waals surface area contributed by atoms with Crippen LogP contribution in [0.4, 0.5) is 0 Å². The van der Waals surface area contributed by atoms with Crippen LogP contribution < -0.4 is 0 Å². The van der Waals surface area contributed by atoms with Gasteiger partial charge in [-0.25, -0.2) is 15.0 Å². The van der Waals surface area contributed by atoms with Gasteiger partial charge in [-0.3, -0.25) is 0 Å². The first-order valence-corrected chi connectivity index (χ1v) is 22.4. The van der Waals surface area contributed by atoms with Crippen LogP contribution in [0.3, 0.4) is 0 Å². The molecule has 14 rings (SSSR count). The Bertz CT molecular complexity index is 4150. The standard InChI is InChI=1S/C60H38N4O2/c1-60(2)49-32-37(23-26-41(49)45-33-48-44-19-8-11-22-54(44)66-56(48)34-50(45)60)36-24-27-52-46(30-36)42-17-6-9-20-51(42)64(52)40-16-12-15-38(29-40)58-61-57(35-13-4-3-5-14-35)62-59(63-58)39-25-28-55-47(31-39)43-18-7-10-21-53(43)65-55/h3-34H,1-2H3. The van der Waals surface area contributed by atoms with Gasteiger partial charge >= 0.3 is 0 Å². The Morgan fingerprint density at radius 1 is 0.348 bits per heavy atom. The first-order valence-electron chi connectivity index (χ1n) is 22.4. The lowest BCUT2D eigenvalue weighted by molar-refractivity contribution is 0.647. The molecule has 0 radical (unpaired) electrons. The van der Waals surface area contributed by atoms with E-state index < -0.39 is 0 Å². The van der Waals surface area contributed by atoms with E-state index in [4.69, 9.17) is 23.8 Å². The van der Waals surface area contributed by atoms with Crippen molar-refractivity contribution in [3.05, 3.63) is 205 Å². The fourth-order valence-electron chi connectivity index (χ4n) is 10.6. The molecule has 4 aromatic heterocycles. The Morgan fingerprint density at radius 3 is 1.68 bits per heavy atom. The second-order valence-electron chi connectivity index (χ2n) is 18.0. The largest absolute Gasteiger partial charge is 0.456 e. The number of hydrogen-bond donors (Lipinski definition) is 0. The molecule has 1 aliphatic rings. The number of para-hydroxylation sites is 3. The number of hydrogen-bond acceptors (Lipinski definition) is 5. The Hall–Kier alpha value is -8.61. The highest BCUT2D eigenvalue weighted by Gasteiger charge is 2.36. The molecule has 1 aliphatic carbocycles. The van der Waals surface area contributed by atoms with Gasteiger partial charge in [-0.1, -0.05) is 129 Å². The Balaban J connectivity index is 0.876. The van der Waals surface area contributed by atoms with Gasteiger partial charge in [0.25, 0.3) is 0 Å². The van der Waals surface area contributed by atoms with Crippen molar-refractivity contribution < 1.29 is 8.83 Å². The first kappa shape index (κ1) is 36.8. The van der Waals surface area contributed by atoms with E-state index in [-0.39, 0.29) is 5.41 Å². The minimum atomic E-state index is -0.192. The zero-order chi connectivity index (χ0) is 43.7. The van der Waals surface area contributed by atoms with Crippen LogP contribution in [0.15, 0.2) is 203 Å². The molecule has 0 atom stereocenters. The number of rotatable bonds is 5. The van der Waals surface area contributed by atoms with Crippen molar-refractivity contribution in [3.8, 4) is 62.1 Å². The molecule has 0 saturated heterocycles. The summed E-state index contributed by atoms with van der Waals surface area (Å²) in [6.45, 7) is 4.67. The maximum atomic E-state index is 6.35. The van der Waals surface area contributed by atoms with Crippen LogP contribution in [-0.2, 0) is 5.41 Å². The summed E-state index contributed by atoms with van der Waals surface area (Å²) in [6.07, 6.45) is 0. The maximum absolute atomic E-state index is 6.35. The predicted octanol–water partition coefficient (Wildman–Crippen LogP) is 15.7. The predicted molar refractivity (Wildman–Crippen MR) is 268 cm³/mol. The molecule has 0 spiro atoms. The summed E-state index contributed by atoms with van der Waals surface area (Å²) >= 11 is 0. The van der Waals surface area contributed by atoms with Gasteiger partial charge in [0.15, 0.2) is 17.5 Å². The lowest BCUT2D eigenvalue weighted by Gasteiger charge is -2.22. The second-order valence-corrected chi connectivity index (χ2v) is 18.0. The second kappa shape index (κ2) is 13.7. The highest BCUT2D eigenvalue weighted by molar-refractivity contribution is 6.11. The van der Waals surface area contributed by atoms with E-state index in [1.165, 1.54) is 44.2 Å². The zero-order valence-corrected chi connectivity index (χ0v) is 36.1. The molecule has 0 N–H and O–H groups in total. The van der Waals surface area contributed by atoms with E-state index in [1.807, 2.05) is 66.7 Å². The average Bonchev–Trinajstić information content (AvgIpc) is 4.09. The zero-order valence-electron chi connectivity index (χ0n) is 36.1. The third kappa shape index (κ3) is 5.45. The number of nitrogens with zero attached hydrogens (tertiary/aromatic N) is 4. The summed E-state index contributed by atoms with van der Waals surface area (Å²) in [5.41, 5.74) is 16.9. The topological polar surface area (TPSA) is 69.9 Å². The van der Waals surface area contributed by atoms with Gasteiger partial charge in [-0.05, 0) is 112 Å². The van der Waals surface area contributed by atoms with Gasteiger partial charge < -0.3 is 13.4 Å². The molecular weight excluding hydrogens is 809 g/mol. The third-order valence-corrected chi connectivity index (χ3v) is 13.8. The molecule has 0 saturated carbocycles. The molecular formula is C60H38N4O2. The molecule has 66 heavy (non-hydrogen) atoms. The Kier molecular flexibility index (Phi) is 7.64. The number of fused-ring (bicyclic) bond motifs is 12. The monoisotopic (exact) mass is 846 g/mol. The normalized spacial score (nSPS) is 13.1. The lowest BCUT2D eigenvalue weighted by atomic mass is 9.81. The fourth-order valence-corrected chi connectivity index (χ4v) is 10.6. The van der Waals surface area contributed by atoms with Crippen molar-refractivity contribution >= 4 is 65.7 Å². The third-order valence-electron chi connectivity index (χ3n) is 13.8. The van der Waals surface area contributed by atoms with Gasteiger partial charge in [0.05, 0.1) is 11.0 Å². The smallest absolute Gasteiger partial charge is 0.164 e. The Labute approximate surface area is 379 Å². The van der Waals surface area contributed by atoms with E-state index in [0.29, 0.717) is 17.5 Å². The summed E-state index contributed by atoms with van der Waals surface area (Å²) < 4.78 is 14.9. The van der Waals surface area contributed by atoms with E-state index in [2.05, 4.69) is 146 Å². The van der Waals surface area contributed by atoms with Gasteiger partial charge in [0.2, 0.25) is 0 Å². The molecule has 13 aromatic rings. The van der Waals surface area contributed by atoms with E-state index >= 15 is 0 Å². The molecule has 4 heterocycles. The van der Waals surface area contributed by atoms with Gasteiger partial charge in [-0.2, -0.15) is 0 Å². The number of benzene rings is 9. The lowest BCUT2D eigenvalue weighted by Crippen LogP contribution is -2.15.